The molecule has 14 nitrogen and oxygen atoms in total. The van der Waals surface area contributed by atoms with Gasteiger partial charge in [0.25, 0.3) is 0 Å². The molecule has 0 spiro atoms. The van der Waals surface area contributed by atoms with Crippen LogP contribution in [0.5, 0.6) is 0 Å². The van der Waals surface area contributed by atoms with Gasteiger partial charge < -0.3 is 65.1 Å². The quantitative estimate of drug-likeness (QED) is 0.0204. The largest absolute Gasteiger partial charge is 0.394 e. The van der Waals surface area contributed by atoms with E-state index in [1.165, 1.54) is 173 Å². The molecule has 0 aromatic heterocycles. The molecule has 1 amide bonds. The number of aliphatic hydroxyl groups is 8. The third-order valence-corrected chi connectivity index (χ3v) is 15.4. The van der Waals surface area contributed by atoms with E-state index < -0.39 is 86.8 Å². The van der Waals surface area contributed by atoms with E-state index in [1.54, 1.807) is 6.08 Å². The molecule has 2 heterocycles. The maximum Gasteiger partial charge on any atom is 0.220 e. The molecule has 0 saturated carbocycles. The summed E-state index contributed by atoms with van der Waals surface area (Å²) in [5, 5.41) is 86.9. The van der Waals surface area contributed by atoms with Gasteiger partial charge in [-0.15, -0.1) is 0 Å². The Kier molecular flexibility index (Phi) is 46.3. The van der Waals surface area contributed by atoms with Crippen molar-refractivity contribution in [2.45, 2.75) is 325 Å². The van der Waals surface area contributed by atoms with Gasteiger partial charge in [-0.1, -0.05) is 235 Å². The molecule has 12 unspecified atom stereocenters. The lowest BCUT2D eigenvalue weighted by Gasteiger charge is -2.46. The van der Waals surface area contributed by atoms with Crippen molar-refractivity contribution in [1.82, 2.24) is 5.32 Å². The number of rotatable bonds is 51. The van der Waals surface area contributed by atoms with Crippen molar-refractivity contribution in [2.24, 2.45) is 0 Å². The Balaban J connectivity index is 1.58. The maximum absolute atomic E-state index is 13.2. The Bertz CT molecular complexity index is 1560. The molecular formula is C65H117NO13. The highest BCUT2D eigenvalue weighted by atomic mass is 16.7. The smallest absolute Gasteiger partial charge is 0.220 e. The first kappa shape index (κ1) is 72.8. The lowest BCUT2D eigenvalue weighted by molar-refractivity contribution is -0.359. The fourth-order valence-corrected chi connectivity index (χ4v) is 10.3. The summed E-state index contributed by atoms with van der Waals surface area (Å²) in [6.07, 6.45) is 48.8. The number of carbonyl (C=O) groups is 1. The third-order valence-electron chi connectivity index (χ3n) is 15.4. The minimum atomic E-state index is -1.79. The normalized spacial score (nSPS) is 24.8. The van der Waals surface area contributed by atoms with Gasteiger partial charge in [-0.3, -0.25) is 4.79 Å². The number of unbranched alkanes of at least 4 members (excludes halogenated alkanes) is 30. The van der Waals surface area contributed by atoms with Gasteiger partial charge in [-0.25, -0.2) is 0 Å². The Morgan fingerprint density at radius 1 is 0.456 bits per heavy atom. The predicted octanol–water partition coefficient (Wildman–Crippen LogP) is 11.7. The molecule has 12 atom stereocenters. The lowest BCUT2D eigenvalue weighted by atomic mass is 9.97. The van der Waals surface area contributed by atoms with Crippen LogP contribution in [0.15, 0.2) is 60.8 Å². The molecule has 2 aliphatic rings. The molecule has 2 rings (SSSR count). The number of nitrogens with one attached hydrogen (secondary N) is 1. The van der Waals surface area contributed by atoms with E-state index in [2.05, 4.69) is 67.8 Å². The molecule has 0 bridgehead atoms. The van der Waals surface area contributed by atoms with E-state index in [1.807, 2.05) is 6.08 Å². The first-order chi connectivity index (χ1) is 38.6. The highest BCUT2D eigenvalue weighted by Crippen LogP contribution is 2.30. The number of amides is 1. The van der Waals surface area contributed by atoms with Crippen molar-refractivity contribution in [2.75, 3.05) is 19.8 Å². The second-order valence-corrected chi connectivity index (χ2v) is 22.5. The van der Waals surface area contributed by atoms with Crippen LogP contribution >= 0.6 is 0 Å². The Labute approximate surface area is 479 Å². The number of carbonyl (C=O) groups excluding carboxylic acids is 1. The summed E-state index contributed by atoms with van der Waals surface area (Å²) in [5.74, 6) is -0.250. The maximum atomic E-state index is 13.2. The number of aliphatic hydroxyl groups excluding tert-OH is 8. The van der Waals surface area contributed by atoms with Crippen LogP contribution < -0.4 is 5.32 Å². The molecular weight excluding hydrogens is 1000 g/mol. The Morgan fingerprint density at radius 3 is 1.34 bits per heavy atom. The second kappa shape index (κ2) is 50.2. The van der Waals surface area contributed by atoms with Crippen molar-refractivity contribution in [1.29, 1.82) is 0 Å². The standard InChI is InChI=1S/C65H117NO13/c1-3-5-7-9-11-13-15-16-17-18-19-20-21-22-23-24-25-26-27-28-29-30-31-32-33-34-35-36-37-38-39-41-43-45-47-49-57(70)66-53(54(69)48-46-44-42-40-14-12-10-8-6-4-2)52-76-64-62(75)60(73)63(56(51-68)78-64)79-65-61(74)59(72)58(71)55(50-67)77-65/h14-16,18-19,21-22,40,46,48,53-56,58-65,67-69,71-75H,3-13,17,20,23-39,41-45,47,49-52H2,1-2H3,(H,66,70)/b16-15-,19-18-,22-21-,40-14+,48-46+. The van der Waals surface area contributed by atoms with E-state index in [0.29, 0.717) is 12.8 Å². The highest BCUT2D eigenvalue weighted by molar-refractivity contribution is 5.76. The summed E-state index contributed by atoms with van der Waals surface area (Å²) in [4.78, 5) is 13.2. The number of ether oxygens (including phenoxy) is 4. The summed E-state index contributed by atoms with van der Waals surface area (Å²) in [6.45, 7) is 2.73. The van der Waals surface area contributed by atoms with Gasteiger partial charge in [-0.2, -0.15) is 0 Å². The molecule has 0 aromatic rings. The zero-order valence-electron chi connectivity index (χ0n) is 49.6. The first-order valence-electron chi connectivity index (χ1n) is 32.0. The van der Waals surface area contributed by atoms with Crippen molar-refractivity contribution >= 4 is 5.91 Å². The molecule has 460 valence electrons. The highest BCUT2D eigenvalue weighted by Gasteiger charge is 2.51. The molecule has 2 fully saturated rings. The third kappa shape index (κ3) is 35.4. The monoisotopic (exact) mass is 1120 g/mol. The number of hydrogen-bond donors (Lipinski definition) is 9. The van der Waals surface area contributed by atoms with Gasteiger partial charge >= 0.3 is 0 Å². The topological polar surface area (TPSA) is 228 Å². The van der Waals surface area contributed by atoms with E-state index >= 15 is 0 Å². The Morgan fingerprint density at radius 2 is 0.848 bits per heavy atom. The molecule has 0 aliphatic carbocycles. The molecule has 2 aliphatic heterocycles. The van der Waals surface area contributed by atoms with Gasteiger partial charge in [-0.05, 0) is 70.6 Å². The van der Waals surface area contributed by atoms with Gasteiger partial charge in [0.05, 0.1) is 32.0 Å². The summed E-state index contributed by atoms with van der Waals surface area (Å²) >= 11 is 0. The average molecular weight is 1120 g/mol. The van der Waals surface area contributed by atoms with Gasteiger partial charge in [0, 0.05) is 6.42 Å². The van der Waals surface area contributed by atoms with E-state index in [-0.39, 0.29) is 18.9 Å². The molecule has 2 saturated heterocycles. The minimum Gasteiger partial charge on any atom is -0.394 e. The summed E-state index contributed by atoms with van der Waals surface area (Å²) in [7, 11) is 0. The first-order valence-corrected chi connectivity index (χ1v) is 32.0. The van der Waals surface area contributed by atoms with Crippen LogP contribution in [0.4, 0.5) is 0 Å². The zero-order valence-corrected chi connectivity index (χ0v) is 49.6. The van der Waals surface area contributed by atoms with E-state index in [0.717, 1.165) is 44.9 Å². The Hall–Kier alpha value is -2.31. The van der Waals surface area contributed by atoms with Crippen LogP contribution in [0.25, 0.3) is 0 Å². The lowest BCUT2D eigenvalue weighted by Crippen LogP contribution is -2.65. The average Bonchev–Trinajstić information content (AvgIpc) is 3.48. The van der Waals surface area contributed by atoms with Crippen molar-refractivity contribution in [3.8, 4) is 0 Å². The van der Waals surface area contributed by atoms with Crippen LogP contribution in [0.2, 0.25) is 0 Å². The fraction of sp³-hybridized carbons (Fsp3) is 0.831. The SMILES string of the molecule is CCCCCC/C=C/CC/C=C/C(O)C(COC1OC(CO)C(OC2OC(CO)C(O)C(O)C2O)C(O)C1O)NC(=O)CCCCCCCCCCCCCCCCCCCCCC/C=C\C/C=C\C/C=C\CCCCCCC. The van der Waals surface area contributed by atoms with Gasteiger partial charge in [0.1, 0.15) is 48.8 Å². The van der Waals surface area contributed by atoms with Crippen molar-refractivity contribution in [3.05, 3.63) is 60.8 Å². The van der Waals surface area contributed by atoms with Crippen LogP contribution in [0.3, 0.4) is 0 Å². The summed E-state index contributed by atoms with van der Waals surface area (Å²) < 4.78 is 22.7. The summed E-state index contributed by atoms with van der Waals surface area (Å²) in [6, 6.07) is -0.930. The number of allylic oxidation sites excluding steroid dienone is 9. The van der Waals surface area contributed by atoms with Crippen LogP contribution in [-0.4, -0.2) is 140 Å². The molecule has 0 aromatic carbocycles. The zero-order chi connectivity index (χ0) is 57.4. The molecule has 14 heteroatoms. The van der Waals surface area contributed by atoms with Crippen LogP contribution in [-0.2, 0) is 23.7 Å². The molecule has 9 N–H and O–H groups in total. The van der Waals surface area contributed by atoms with E-state index in [4.69, 9.17) is 18.9 Å². The van der Waals surface area contributed by atoms with Crippen molar-refractivity contribution < 1.29 is 64.6 Å². The number of hydrogen-bond acceptors (Lipinski definition) is 13. The van der Waals surface area contributed by atoms with Gasteiger partial charge in [0.15, 0.2) is 12.6 Å². The molecule has 0 radical (unpaired) electrons. The van der Waals surface area contributed by atoms with Crippen LogP contribution in [0, 0.1) is 0 Å². The summed E-state index contributed by atoms with van der Waals surface area (Å²) in [5.41, 5.74) is 0. The molecule has 79 heavy (non-hydrogen) atoms. The van der Waals surface area contributed by atoms with Gasteiger partial charge in [0.2, 0.25) is 5.91 Å². The van der Waals surface area contributed by atoms with E-state index in [9.17, 15) is 45.6 Å². The fourth-order valence-electron chi connectivity index (χ4n) is 10.3. The minimum absolute atomic E-state index is 0.250. The van der Waals surface area contributed by atoms with Crippen LogP contribution in [0.1, 0.15) is 251 Å². The second-order valence-electron chi connectivity index (χ2n) is 22.5. The van der Waals surface area contributed by atoms with Crippen molar-refractivity contribution in [3.63, 3.8) is 0 Å². The predicted molar refractivity (Wildman–Crippen MR) is 318 cm³/mol.